The van der Waals surface area contributed by atoms with Crippen molar-refractivity contribution in [1.82, 2.24) is 4.90 Å². The Morgan fingerprint density at radius 2 is 1.68 bits per heavy atom. The molecular formula is C18H17Cl2NO4. The normalized spacial score (nSPS) is 10.2. The lowest BCUT2D eigenvalue weighted by atomic mass is 10.2. The van der Waals surface area contributed by atoms with Gasteiger partial charge in [-0.1, -0.05) is 35.3 Å². The standard InChI is InChI=1S/C18H17Cl2NO4/c1-21(10-12-3-5-13(19)6-4-12)17(22)11-25-18(23)15-9-14(20)7-8-16(15)24-2/h3-9H,10-11H2,1-2H3. The summed E-state index contributed by atoms with van der Waals surface area (Å²) in [4.78, 5) is 25.8. The molecule has 0 unspecified atom stereocenters. The van der Waals surface area contributed by atoms with Crippen molar-refractivity contribution >= 4 is 35.1 Å². The van der Waals surface area contributed by atoms with Gasteiger partial charge in [0, 0.05) is 23.6 Å². The van der Waals surface area contributed by atoms with Crippen LogP contribution in [0.3, 0.4) is 0 Å². The van der Waals surface area contributed by atoms with E-state index in [1.165, 1.54) is 18.1 Å². The van der Waals surface area contributed by atoms with Gasteiger partial charge in [-0.2, -0.15) is 0 Å². The van der Waals surface area contributed by atoms with Gasteiger partial charge in [0.2, 0.25) is 0 Å². The highest BCUT2D eigenvalue weighted by atomic mass is 35.5. The van der Waals surface area contributed by atoms with Crippen LogP contribution in [0, 0.1) is 0 Å². The molecule has 5 nitrogen and oxygen atoms in total. The predicted molar refractivity (Wildman–Crippen MR) is 96.2 cm³/mol. The summed E-state index contributed by atoms with van der Waals surface area (Å²) in [5.74, 6) is -0.673. The zero-order valence-electron chi connectivity index (χ0n) is 13.8. The van der Waals surface area contributed by atoms with E-state index in [1.54, 1.807) is 31.3 Å². The molecule has 1 amide bonds. The number of carbonyl (C=O) groups is 2. The highest BCUT2D eigenvalue weighted by molar-refractivity contribution is 6.31. The molecule has 0 saturated heterocycles. The first-order valence-electron chi connectivity index (χ1n) is 7.39. The molecular weight excluding hydrogens is 365 g/mol. The fourth-order valence-corrected chi connectivity index (χ4v) is 2.40. The Hall–Kier alpha value is -2.24. The van der Waals surface area contributed by atoms with Gasteiger partial charge in [-0.15, -0.1) is 0 Å². The van der Waals surface area contributed by atoms with Gasteiger partial charge in [-0.05, 0) is 35.9 Å². The van der Waals surface area contributed by atoms with E-state index in [1.807, 2.05) is 12.1 Å². The Labute approximate surface area is 156 Å². The molecule has 25 heavy (non-hydrogen) atoms. The summed E-state index contributed by atoms with van der Waals surface area (Å²) >= 11 is 11.7. The van der Waals surface area contributed by atoms with E-state index in [9.17, 15) is 9.59 Å². The average molecular weight is 382 g/mol. The second kappa shape index (κ2) is 8.74. The van der Waals surface area contributed by atoms with Crippen molar-refractivity contribution in [2.45, 2.75) is 6.54 Å². The van der Waals surface area contributed by atoms with Gasteiger partial charge < -0.3 is 14.4 Å². The molecule has 0 radical (unpaired) electrons. The monoisotopic (exact) mass is 381 g/mol. The van der Waals surface area contributed by atoms with Crippen LogP contribution < -0.4 is 4.74 Å². The fraction of sp³-hybridized carbons (Fsp3) is 0.222. The Bertz CT molecular complexity index is 762. The minimum Gasteiger partial charge on any atom is -0.496 e. The fourth-order valence-electron chi connectivity index (χ4n) is 2.11. The van der Waals surface area contributed by atoms with Crippen LogP contribution in [-0.2, 0) is 16.1 Å². The Balaban J connectivity index is 1.93. The van der Waals surface area contributed by atoms with Crippen molar-refractivity contribution in [3.63, 3.8) is 0 Å². The van der Waals surface area contributed by atoms with Crippen LogP contribution in [0.5, 0.6) is 5.75 Å². The van der Waals surface area contributed by atoms with Crippen molar-refractivity contribution in [3.8, 4) is 5.75 Å². The molecule has 0 heterocycles. The van der Waals surface area contributed by atoms with Crippen molar-refractivity contribution in [2.24, 2.45) is 0 Å². The topological polar surface area (TPSA) is 55.8 Å². The molecule has 0 aliphatic heterocycles. The van der Waals surface area contributed by atoms with Gasteiger partial charge in [0.15, 0.2) is 6.61 Å². The number of benzene rings is 2. The lowest BCUT2D eigenvalue weighted by molar-refractivity contribution is -0.133. The minimum atomic E-state index is -0.674. The first kappa shape index (κ1) is 19.1. The summed E-state index contributed by atoms with van der Waals surface area (Å²) in [5.41, 5.74) is 1.09. The maximum atomic E-state index is 12.2. The second-order valence-corrected chi connectivity index (χ2v) is 6.17. The van der Waals surface area contributed by atoms with Crippen LogP contribution in [0.4, 0.5) is 0 Å². The van der Waals surface area contributed by atoms with Crippen LogP contribution in [0.25, 0.3) is 0 Å². The molecule has 2 aromatic carbocycles. The lowest BCUT2D eigenvalue weighted by Crippen LogP contribution is -2.30. The number of hydrogen-bond donors (Lipinski definition) is 0. The Morgan fingerprint density at radius 1 is 1.04 bits per heavy atom. The molecule has 0 aliphatic carbocycles. The third kappa shape index (κ3) is 5.37. The number of rotatable bonds is 6. The molecule has 132 valence electrons. The molecule has 0 fully saturated rings. The molecule has 2 rings (SSSR count). The number of amides is 1. The first-order valence-corrected chi connectivity index (χ1v) is 8.15. The molecule has 0 aromatic heterocycles. The number of ether oxygens (including phenoxy) is 2. The number of methoxy groups -OCH3 is 1. The summed E-state index contributed by atoms with van der Waals surface area (Å²) in [6.07, 6.45) is 0. The molecule has 0 N–H and O–H groups in total. The van der Waals surface area contributed by atoms with Gasteiger partial charge in [0.1, 0.15) is 11.3 Å². The number of esters is 1. The van der Waals surface area contributed by atoms with Gasteiger partial charge in [0.25, 0.3) is 5.91 Å². The summed E-state index contributed by atoms with van der Waals surface area (Å²) in [6, 6.07) is 11.8. The Morgan fingerprint density at radius 3 is 2.32 bits per heavy atom. The van der Waals surface area contributed by atoms with Gasteiger partial charge in [0.05, 0.1) is 7.11 Å². The molecule has 0 spiro atoms. The summed E-state index contributed by atoms with van der Waals surface area (Å²) in [7, 11) is 3.07. The number of nitrogens with zero attached hydrogens (tertiary/aromatic N) is 1. The van der Waals surface area contributed by atoms with E-state index < -0.39 is 5.97 Å². The van der Waals surface area contributed by atoms with E-state index in [4.69, 9.17) is 32.7 Å². The van der Waals surface area contributed by atoms with Crippen molar-refractivity contribution < 1.29 is 19.1 Å². The number of hydrogen-bond acceptors (Lipinski definition) is 4. The van der Waals surface area contributed by atoms with Crippen LogP contribution in [0.2, 0.25) is 10.0 Å². The van der Waals surface area contributed by atoms with E-state index in [-0.39, 0.29) is 18.1 Å². The SMILES string of the molecule is COc1ccc(Cl)cc1C(=O)OCC(=O)N(C)Cc1ccc(Cl)cc1. The van der Waals surface area contributed by atoms with Crippen LogP contribution in [0.15, 0.2) is 42.5 Å². The van der Waals surface area contributed by atoms with E-state index in [0.29, 0.717) is 22.3 Å². The summed E-state index contributed by atoms with van der Waals surface area (Å²) in [5, 5.41) is 1.00. The number of likely N-dealkylation sites (N-methyl/N-ethyl adjacent to an activating group) is 1. The molecule has 0 bridgehead atoms. The van der Waals surface area contributed by atoms with E-state index >= 15 is 0 Å². The maximum Gasteiger partial charge on any atom is 0.342 e. The number of carbonyl (C=O) groups excluding carboxylic acids is 2. The molecule has 0 saturated carbocycles. The third-order valence-electron chi connectivity index (χ3n) is 3.47. The smallest absolute Gasteiger partial charge is 0.342 e. The maximum absolute atomic E-state index is 12.2. The van der Waals surface area contributed by atoms with E-state index in [0.717, 1.165) is 5.56 Å². The van der Waals surface area contributed by atoms with Crippen LogP contribution in [-0.4, -0.2) is 37.5 Å². The average Bonchev–Trinajstić information content (AvgIpc) is 2.61. The zero-order chi connectivity index (χ0) is 18.4. The van der Waals surface area contributed by atoms with Crippen molar-refractivity contribution in [2.75, 3.05) is 20.8 Å². The van der Waals surface area contributed by atoms with E-state index in [2.05, 4.69) is 0 Å². The molecule has 0 aliphatic rings. The van der Waals surface area contributed by atoms with Gasteiger partial charge in [-0.25, -0.2) is 4.79 Å². The second-order valence-electron chi connectivity index (χ2n) is 5.30. The quantitative estimate of drug-likeness (QED) is 0.713. The van der Waals surface area contributed by atoms with Gasteiger partial charge >= 0.3 is 5.97 Å². The van der Waals surface area contributed by atoms with Crippen LogP contribution >= 0.6 is 23.2 Å². The Kier molecular flexibility index (Phi) is 6.67. The zero-order valence-corrected chi connectivity index (χ0v) is 15.3. The van der Waals surface area contributed by atoms with Crippen molar-refractivity contribution in [1.29, 1.82) is 0 Å². The summed E-state index contributed by atoms with van der Waals surface area (Å²) < 4.78 is 10.2. The predicted octanol–water partition coefficient (Wildman–Crippen LogP) is 3.82. The highest BCUT2D eigenvalue weighted by Gasteiger charge is 2.17. The van der Waals surface area contributed by atoms with Gasteiger partial charge in [-0.3, -0.25) is 4.79 Å². The number of halogens is 2. The highest BCUT2D eigenvalue weighted by Crippen LogP contribution is 2.23. The molecule has 7 heteroatoms. The van der Waals surface area contributed by atoms with Crippen LogP contribution in [0.1, 0.15) is 15.9 Å². The lowest BCUT2D eigenvalue weighted by Gasteiger charge is -2.17. The third-order valence-corrected chi connectivity index (χ3v) is 3.95. The van der Waals surface area contributed by atoms with Crippen molar-refractivity contribution in [3.05, 3.63) is 63.6 Å². The largest absolute Gasteiger partial charge is 0.496 e. The minimum absolute atomic E-state index is 0.170. The first-order chi connectivity index (χ1) is 11.9. The molecule has 2 aromatic rings. The summed E-state index contributed by atoms with van der Waals surface area (Å²) in [6.45, 7) is 0.00658. The molecule has 0 atom stereocenters.